The number of nitrogens with two attached hydrogens (primary N) is 1. The molecular formula is C17H28N2O2. The highest BCUT2D eigenvalue weighted by Gasteiger charge is 2.20. The van der Waals surface area contributed by atoms with Crippen LogP contribution < -0.4 is 10.5 Å². The first kappa shape index (κ1) is 16.3. The molecule has 0 bridgehead atoms. The highest BCUT2D eigenvalue weighted by atomic mass is 16.5. The average molecular weight is 292 g/mol. The van der Waals surface area contributed by atoms with Crippen molar-refractivity contribution >= 4 is 0 Å². The molecule has 0 spiro atoms. The molecule has 1 aliphatic carbocycles. The lowest BCUT2D eigenvalue weighted by Crippen LogP contribution is -2.41. The Morgan fingerprint density at radius 1 is 1.14 bits per heavy atom. The third-order valence-electron chi connectivity index (χ3n) is 4.31. The first-order valence-electron chi connectivity index (χ1n) is 8.11. The number of nitrogens with zero attached hydrogens (tertiary/aromatic N) is 1. The fourth-order valence-corrected chi connectivity index (χ4v) is 3.14. The van der Waals surface area contributed by atoms with Gasteiger partial charge in [-0.25, -0.2) is 0 Å². The van der Waals surface area contributed by atoms with E-state index in [-0.39, 0.29) is 6.61 Å². The van der Waals surface area contributed by atoms with Gasteiger partial charge in [0.05, 0.1) is 6.61 Å². The molecule has 0 heterocycles. The molecule has 21 heavy (non-hydrogen) atoms. The van der Waals surface area contributed by atoms with Gasteiger partial charge in [0.25, 0.3) is 0 Å². The van der Waals surface area contributed by atoms with Gasteiger partial charge in [-0.1, -0.05) is 37.5 Å². The van der Waals surface area contributed by atoms with Gasteiger partial charge in [-0.15, -0.1) is 0 Å². The summed E-state index contributed by atoms with van der Waals surface area (Å²) < 4.78 is 5.89. The number of ether oxygens (including phenoxy) is 1. The molecule has 0 amide bonds. The standard InChI is InChI=1S/C17H28N2O2/c18-14-15-6-4-5-9-17(15)21-13-11-19(10-12-20)16-7-2-1-3-8-16/h4-6,9,16,20H,1-3,7-8,10-14,18H2. The van der Waals surface area contributed by atoms with Crippen LogP contribution in [0.25, 0.3) is 0 Å². The summed E-state index contributed by atoms with van der Waals surface area (Å²) in [5, 5.41) is 9.27. The zero-order chi connectivity index (χ0) is 14.9. The second-order valence-electron chi connectivity index (χ2n) is 5.71. The van der Waals surface area contributed by atoms with Gasteiger partial charge in [-0.3, -0.25) is 4.90 Å². The van der Waals surface area contributed by atoms with Crippen LogP contribution in [0, 0.1) is 0 Å². The van der Waals surface area contributed by atoms with Crippen molar-refractivity contribution in [1.29, 1.82) is 0 Å². The highest BCUT2D eigenvalue weighted by molar-refractivity contribution is 5.32. The number of aliphatic hydroxyl groups excluding tert-OH is 1. The minimum atomic E-state index is 0.218. The van der Waals surface area contributed by atoms with Crippen molar-refractivity contribution in [3.63, 3.8) is 0 Å². The van der Waals surface area contributed by atoms with Crippen LogP contribution in [0.15, 0.2) is 24.3 Å². The van der Waals surface area contributed by atoms with Crippen LogP contribution in [-0.4, -0.2) is 42.4 Å². The van der Waals surface area contributed by atoms with Gasteiger partial charge in [0, 0.05) is 31.2 Å². The first-order chi connectivity index (χ1) is 10.3. The molecule has 3 N–H and O–H groups in total. The van der Waals surface area contributed by atoms with Crippen LogP contribution in [0.1, 0.15) is 37.7 Å². The Bertz CT molecular complexity index is 406. The molecule has 0 atom stereocenters. The molecule has 4 nitrogen and oxygen atoms in total. The van der Waals surface area contributed by atoms with Gasteiger partial charge in [0.1, 0.15) is 12.4 Å². The van der Waals surface area contributed by atoms with Crippen LogP contribution in [0.3, 0.4) is 0 Å². The lowest BCUT2D eigenvalue weighted by molar-refractivity contribution is 0.106. The fourth-order valence-electron chi connectivity index (χ4n) is 3.14. The second-order valence-corrected chi connectivity index (χ2v) is 5.71. The average Bonchev–Trinajstić information content (AvgIpc) is 2.55. The van der Waals surface area contributed by atoms with Crippen molar-refractivity contribution in [2.24, 2.45) is 5.73 Å². The van der Waals surface area contributed by atoms with Gasteiger partial charge in [0.2, 0.25) is 0 Å². The zero-order valence-electron chi connectivity index (χ0n) is 12.8. The van der Waals surface area contributed by atoms with E-state index in [9.17, 15) is 5.11 Å². The number of aliphatic hydroxyl groups is 1. The van der Waals surface area contributed by atoms with Gasteiger partial charge >= 0.3 is 0 Å². The van der Waals surface area contributed by atoms with E-state index in [4.69, 9.17) is 10.5 Å². The van der Waals surface area contributed by atoms with E-state index in [2.05, 4.69) is 4.90 Å². The smallest absolute Gasteiger partial charge is 0.123 e. The van der Waals surface area contributed by atoms with Crippen LogP contribution in [-0.2, 0) is 6.54 Å². The summed E-state index contributed by atoms with van der Waals surface area (Å²) in [5.41, 5.74) is 6.77. The summed E-state index contributed by atoms with van der Waals surface area (Å²) in [6, 6.07) is 8.54. The van der Waals surface area contributed by atoms with Gasteiger partial charge in [-0.2, -0.15) is 0 Å². The highest BCUT2D eigenvalue weighted by Crippen LogP contribution is 2.22. The maximum Gasteiger partial charge on any atom is 0.123 e. The molecular weight excluding hydrogens is 264 g/mol. The quantitative estimate of drug-likeness (QED) is 0.771. The minimum absolute atomic E-state index is 0.218. The summed E-state index contributed by atoms with van der Waals surface area (Å²) in [5.74, 6) is 0.882. The van der Waals surface area contributed by atoms with E-state index in [0.717, 1.165) is 24.4 Å². The molecule has 1 aromatic carbocycles. The van der Waals surface area contributed by atoms with Crippen molar-refractivity contribution in [2.45, 2.75) is 44.7 Å². The Kier molecular flexibility index (Phi) is 7.00. The minimum Gasteiger partial charge on any atom is -0.492 e. The van der Waals surface area contributed by atoms with Gasteiger partial charge < -0.3 is 15.6 Å². The summed E-state index contributed by atoms with van der Waals surface area (Å²) in [6.07, 6.45) is 6.47. The van der Waals surface area contributed by atoms with Crippen molar-refractivity contribution in [3.8, 4) is 5.75 Å². The second kappa shape index (κ2) is 9.03. The molecule has 1 fully saturated rings. The lowest BCUT2D eigenvalue weighted by Gasteiger charge is -2.33. The van der Waals surface area contributed by atoms with E-state index in [1.54, 1.807) is 0 Å². The SMILES string of the molecule is NCc1ccccc1OCCN(CCO)C1CCCCC1. The Balaban J connectivity index is 1.83. The summed E-state index contributed by atoms with van der Waals surface area (Å²) in [6.45, 7) is 2.97. The number of benzene rings is 1. The summed E-state index contributed by atoms with van der Waals surface area (Å²) in [4.78, 5) is 2.38. The molecule has 4 heteroatoms. The van der Waals surface area contributed by atoms with E-state index in [1.165, 1.54) is 32.1 Å². The van der Waals surface area contributed by atoms with E-state index in [0.29, 0.717) is 19.2 Å². The number of para-hydroxylation sites is 1. The van der Waals surface area contributed by atoms with Crippen molar-refractivity contribution in [2.75, 3.05) is 26.3 Å². The van der Waals surface area contributed by atoms with Crippen LogP contribution in [0.5, 0.6) is 5.75 Å². The molecule has 1 saturated carbocycles. The molecule has 0 aliphatic heterocycles. The number of rotatable bonds is 8. The number of hydrogen-bond acceptors (Lipinski definition) is 4. The largest absolute Gasteiger partial charge is 0.492 e. The Hall–Kier alpha value is -1.10. The third-order valence-corrected chi connectivity index (χ3v) is 4.31. The molecule has 118 valence electrons. The molecule has 0 unspecified atom stereocenters. The van der Waals surface area contributed by atoms with E-state index >= 15 is 0 Å². The summed E-state index contributed by atoms with van der Waals surface area (Å²) in [7, 11) is 0. The fraction of sp³-hybridized carbons (Fsp3) is 0.647. The summed E-state index contributed by atoms with van der Waals surface area (Å²) >= 11 is 0. The van der Waals surface area contributed by atoms with Crippen molar-refractivity contribution in [3.05, 3.63) is 29.8 Å². The van der Waals surface area contributed by atoms with E-state index in [1.807, 2.05) is 24.3 Å². The maximum atomic E-state index is 9.27. The number of hydrogen-bond donors (Lipinski definition) is 2. The molecule has 0 saturated heterocycles. The molecule has 1 aliphatic rings. The van der Waals surface area contributed by atoms with Gasteiger partial charge in [0.15, 0.2) is 0 Å². The topological polar surface area (TPSA) is 58.7 Å². The lowest BCUT2D eigenvalue weighted by atomic mass is 9.94. The van der Waals surface area contributed by atoms with Crippen LogP contribution in [0.2, 0.25) is 0 Å². The van der Waals surface area contributed by atoms with Crippen LogP contribution >= 0.6 is 0 Å². The predicted octanol–water partition coefficient (Wildman–Crippen LogP) is 2.15. The zero-order valence-corrected chi connectivity index (χ0v) is 12.8. The Morgan fingerprint density at radius 2 is 1.90 bits per heavy atom. The predicted molar refractivity (Wildman–Crippen MR) is 85.4 cm³/mol. The molecule has 0 radical (unpaired) electrons. The molecule has 2 rings (SSSR count). The monoisotopic (exact) mass is 292 g/mol. The van der Waals surface area contributed by atoms with Crippen molar-refractivity contribution in [1.82, 2.24) is 4.90 Å². The normalized spacial score (nSPS) is 16.3. The van der Waals surface area contributed by atoms with Crippen LogP contribution in [0.4, 0.5) is 0 Å². The third kappa shape index (κ3) is 4.99. The van der Waals surface area contributed by atoms with Gasteiger partial charge in [-0.05, 0) is 18.9 Å². The first-order valence-corrected chi connectivity index (χ1v) is 8.11. The molecule has 1 aromatic rings. The Morgan fingerprint density at radius 3 is 2.62 bits per heavy atom. The maximum absolute atomic E-state index is 9.27. The Labute approximate surface area is 127 Å². The molecule has 0 aromatic heterocycles. The van der Waals surface area contributed by atoms with E-state index < -0.39 is 0 Å². The van der Waals surface area contributed by atoms with Crippen molar-refractivity contribution < 1.29 is 9.84 Å².